The molecule has 0 radical (unpaired) electrons. The molecule has 2 heterocycles. The maximum atomic E-state index is 13.6. The van der Waals surface area contributed by atoms with Crippen molar-refractivity contribution in [1.82, 2.24) is 19.7 Å². The average Bonchev–Trinajstić information content (AvgIpc) is 3.37. The van der Waals surface area contributed by atoms with Crippen molar-refractivity contribution >= 4 is 35.4 Å². The van der Waals surface area contributed by atoms with Crippen molar-refractivity contribution in [3.63, 3.8) is 0 Å². The van der Waals surface area contributed by atoms with Gasteiger partial charge in [0, 0.05) is 38.7 Å². The number of ether oxygens (including phenoxy) is 2. The molecule has 15 heteroatoms. The van der Waals surface area contributed by atoms with Crippen molar-refractivity contribution in [1.29, 1.82) is 0 Å². The lowest BCUT2D eigenvalue weighted by Crippen LogP contribution is -2.22. The van der Waals surface area contributed by atoms with E-state index in [1.165, 1.54) is 24.3 Å². The number of hydrogen-bond acceptors (Lipinski definition) is 8. The quantitative estimate of drug-likeness (QED) is 0.104. The van der Waals surface area contributed by atoms with Crippen molar-refractivity contribution in [3.8, 4) is 17.0 Å². The summed E-state index contributed by atoms with van der Waals surface area (Å²) in [5, 5.41) is 7.86. The van der Waals surface area contributed by atoms with Crippen LogP contribution in [0.1, 0.15) is 25.0 Å². The van der Waals surface area contributed by atoms with Gasteiger partial charge in [0.05, 0.1) is 17.6 Å². The van der Waals surface area contributed by atoms with Crippen LogP contribution in [0.4, 0.5) is 30.5 Å². The third kappa shape index (κ3) is 9.03. The molecule has 1 unspecified atom stereocenters. The van der Waals surface area contributed by atoms with Crippen LogP contribution in [-0.4, -0.2) is 48.6 Å². The number of halogens is 3. The summed E-state index contributed by atoms with van der Waals surface area (Å²) >= 11 is 0. The predicted octanol–water partition coefficient (Wildman–Crippen LogP) is 7.03. The van der Waals surface area contributed by atoms with Gasteiger partial charge in [0.2, 0.25) is 0 Å². The Balaban J connectivity index is 1.71. The largest absolute Gasteiger partial charge is 0.484 e. The molecule has 2 aromatic carbocycles. The molecular formula is C29H35F3N6O4SSi. The molecule has 44 heavy (non-hydrogen) atoms. The second-order valence-corrected chi connectivity index (χ2v) is 18.4. The Labute approximate surface area is 255 Å². The molecule has 1 atom stereocenters. The first-order valence-corrected chi connectivity index (χ1v) is 19.1. The highest BCUT2D eigenvalue weighted by molar-refractivity contribution is 7.93. The van der Waals surface area contributed by atoms with Gasteiger partial charge in [0.25, 0.3) is 10.0 Å². The van der Waals surface area contributed by atoms with Crippen molar-refractivity contribution < 1.29 is 31.1 Å². The van der Waals surface area contributed by atoms with Gasteiger partial charge < -0.3 is 14.8 Å². The summed E-state index contributed by atoms with van der Waals surface area (Å²) in [7, 11) is -6.31. The number of sulfonamides is 1. The minimum atomic E-state index is -4.99. The third-order valence-corrected chi connectivity index (χ3v) is 9.13. The fourth-order valence-electron chi connectivity index (χ4n) is 4.06. The number of aromatic nitrogens is 4. The van der Waals surface area contributed by atoms with Crippen LogP contribution in [-0.2, 0) is 21.5 Å². The lowest BCUT2D eigenvalue weighted by atomic mass is 10.1. The van der Waals surface area contributed by atoms with Crippen LogP contribution >= 0.6 is 0 Å². The number of alkyl halides is 2. The van der Waals surface area contributed by atoms with E-state index in [4.69, 9.17) is 9.47 Å². The summed E-state index contributed by atoms with van der Waals surface area (Å²) in [6.45, 7) is 9.31. The van der Waals surface area contributed by atoms with Crippen molar-refractivity contribution in [2.24, 2.45) is 0 Å². The SMILES string of the molecule is CCC(Oc1cc(-c2cc(Nc3cnccn3)n(COCC[Si](C)(C)C)n2)ccc1NS(=O)(=O)C(F)F)c1ccc(F)cc1. The number of benzene rings is 2. The Morgan fingerprint density at radius 2 is 1.80 bits per heavy atom. The van der Waals surface area contributed by atoms with Gasteiger partial charge in [0.15, 0.2) is 0 Å². The zero-order chi connectivity index (χ0) is 31.9. The molecule has 10 nitrogen and oxygen atoms in total. The Kier molecular flexibility index (Phi) is 10.6. The van der Waals surface area contributed by atoms with E-state index in [9.17, 15) is 21.6 Å². The van der Waals surface area contributed by atoms with Gasteiger partial charge in [0.1, 0.15) is 36.0 Å². The fraction of sp³-hybridized carbons (Fsp3) is 0.345. The average molecular weight is 649 g/mol. The standard InChI is InChI=1S/C29H35F3N6O4SSi/c1-5-25(20-6-9-22(30)10-7-20)42-26-16-21(8-11-23(26)37-43(39,40)29(31)32)24-17-28(35-27-18-33-12-13-34-27)38(36-24)19-41-14-15-44(2,3)4/h6-13,16-18,25,29,37H,5,14-15,19H2,1-4H3,(H,34,35). The van der Waals surface area contributed by atoms with E-state index in [-0.39, 0.29) is 18.2 Å². The van der Waals surface area contributed by atoms with Crippen molar-refractivity contribution in [2.45, 2.75) is 57.6 Å². The minimum Gasteiger partial charge on any atom is -0.484 e. The molecule has 2 N–H and O–H groups in total. The Morgan fingerprint density at radius 3 is 2.43 bits per heavy atom. The normalized spacial score (nSPS) is 12.7. The van der Waals surface area contributed by atoms with Gasteiger partial charge in [-0.3, -0.25) is 9.71 Å². The number of rotatable bonds is 15. The van der Waals surface area contributed by atoms with Crippen LogP contribution in [0.5, 0.6) is 5.75 Å². The number of nitrogens with zero attached hydrogens (tertiary/aromatic N) is 4. The lowest BCUT2D eigenvalue weighted by molar-refractivity contribution is 0.0803. The molecule has 0 aliphatic carbocycles. The van der Waals surface area contributed by atoms with E-state index < -0.39 is 35.8 Å². The van der Waals surface area contributed by atoms with E-state index in [0.717, 1.165) is 6.04 Å². The highest BCUT2D eigenvalue weighted by atomic mass is 32.2. The van der Waals surface area contributed by atoms with Crippen LogP contribution in [0, 0.1) is 5.82 Å². The first kappa shape index (κ1) is 33.0. The predicted molar refractivity (Wildman–Crippen MR) is 166 cm³/mol. The van der Waals surface area contributed by atoms with Crippen LogP contribution < -0.4 is 14.8 Å². The summed E-state index contributed by atoms with van der Waals surface area (Å²) in [5.74, 6) is -3.06. The molecule has 0 bridgehead atoms. The summed E-state index contributed by atoms with van der Waals surface area (Å²) in [4.78, 5) is 8.33. The molecule has 0 saturated heterocycles. The molecule has 236 valence electrons. The van der Waals surface area contributed by atoms with Gasteiger partial charge in [-0.15, -0.1) is 0 Å². The highest BCUT2D eigenvalue weighted by Gasteiger charge is 2.26. The minimum absolute atomic E-state index is 0.00716. The molecule has 0 aliphatic heterocycles. The Hall–Kier alpha value is -3.95. The lowest BCUT2D eigenvalue weighted by Gasteiger charge is -2.21. The molecule has 0 saturated carbocycles. The zero-order valence-electron chi connectivity index (χ0n) is 24.8. The third-order valence-electron chi connectivity index (χ3n) is 6.46. The monoisotopic (exact) mass is 648 g/mol. The molecule has 0 fully saturated rings. The van der Waals surface area contributed by atoms with E-state index in [0.29, 0.717) is 41.5 Å². The van der Waals surface area contributed by atoms with Gasteiger partial charge in [-0.25, -0.2) is 22.5 Å². The van der Waals surface area contributed by atoms with Crippen LogP contribution in [0.3, 0.4) is 0 Å². The summed E-state index contributed by atoms with van der Waals surface area (Å²) in [6.07, 6.45) is 4.44. The maximum Gasteiger partial charge on any atom is 0.355 e. The van der Waals surface area contributed by atoms with E-state index in [1.807, 2.05) is 11.6 Å². The van der Waals surface area contributed by atoms with E-state index >= 15 is 0 Å². The summed E-state index contributed by atoms with van der Waals surface area (Å²) in [5.41, 5.74) is 1.42. The molecular weight excluding hydrogens is 614 g/mol. The summed E-state index contributed by atoms with van der Waals surface area (Å²) in [6, 6.07) is 12.8. The van der Waals surface area contributed by atoms with Gasteiger partial charge in [-0.1, -0.05) is 44.8 Å². The Morgan fingerprint density at radius 1 is 1.05 bits per heavy atom. The molecule has 0 aliphatic rings. The molecule has 4 rings (SSSR count). The molecule has 2 aromatic heterocycles. The first-order chi connectivity index (χ1) is 20.8. The van der Waals surface area contributed by atoms with Crippen LogP contribution in [0.15, 0.2) is 67.1 Å². The highest BCUT2D eigenvalue weighted by Crippen LogP contribution is 2.36. The zero-order valence-corrected chi connectivity index (χ0v) is 26.6. The molecule has 4 aromatic rings. The number of nitrogens with one attached hydrogen (secondary N) is 2. The molecule has 0 spiro atoms. The number of hydrogen-bond donors (Lipinski definition) is 2. The van der Waals surface area contributed by atoms with Gasteiger partial charge in [-0.05, 0) is 42.3 Å². The van der Waals surface area contributed by atoms with Gasteiger partial charge >= 0.3 is 5.76 Å². The van der Waals surface area contributed by atoms with Crippen molar-refractivity contribution in [3.05, 3.63) is 78.5 Å². The molecule has 0 amide bonds. The Bertz CT molecular complexity index is 1640. The smallest absolute Gasteiger partial charge is 0.355 e. The maximum absolute atomic E-state index is 13.6. The van der Waals surface area contributed by atoms with Crippen molar-refractivity contribution in [2.75, 3.05) is 16.6 Å². The van der Waals surface area contributed by atoms with Gasteiger partial charge in [-0.2, -0.15) is 13.9 Å². The fourth-order valence-corrected chi connectivity index (χ4v) is 5.38. The first-order valence-electron chi connectivity index (χ1n) is 13.9. The number of anilines is 3. The summed E-state index contributed by atoms with van der Waals surface area (Å²) < 4.78 is 79.9. The second-order valence-electron chi connectivity index (χ2n) is 11.2. The van der Waals surface area contributed by atoms with Crippen LogP contribution in [0.2, 0.25) is 25.7 Å². The van der Waals surface area contributed by atoms with E-state index in [2.05, 4.69) is 40.0 Å². The van der Waals surface area contributed by atoms with E-state index in [1.54, 1.807) is 47.5 Å². The topological polar surface area (TPSA) is 120 Å². The van der Waals surface area contributed by atoms with Crippen LogP contribution in [0.25, 0.3) is 11.3 Å². The second kappa shape index (κ2) is 14.2.